The van der Waals surface area contributed by atoms with Crippen LogP contribution in [0.25, 0.3) is 0 Å². The Morgan fingerprint density at radius 3 is 0.780 bits per heavy atom. The van der Waals surface area contributed by atoms with Gasteiger partial charge in [-0.05, 0) is 109 Å². The van der Waals surface area contributed by atoms with Gasteiger partial charge in [-0.1, -0.05) is 315 Å². The van der Waals surface area contributed by atoms with Crippen LogP contribution in [0, 0.1) is 0 Å². The van der Waals surface area contributed by atoms with Crippen LogP contribution >= 0.6 is 0 Å². The van der Waals surface area contributed by atoms with Crippen LogP contribution in [0.2, 0.25) is 0 Å². The van der Waals surface area contributed by atoms with E-state index in [4.69, 9.17) is 14.2 Å². The average Bonchev–Trinajstić information content (AvgIpc) is 3.47. The Morgan fingerprint density at radius 2 is 0.488 bits per heavy atom. The van der Waals surface area contributed by atoms with Crippen LogP contribution < -0.4 is 0 Å². The van der Waals surface area contributed by atoms with Crippen molar-refractivity contribution >= 4 is 17.9 Å². The first-order valence-corrected chi connectivity index (χ1v) is 34.2. The smallest absolute Gasteiger partial charge is 0.306 e. The molecule has 0 radical (unpaired) electrons. The molecule has 466 valence electrons. The van der Waals surface area contributed by atoms with E-state index in [1.807, 2.05) is 0 Å². The van der Waals surface area contributed by atoms with E-state index in [2.05, 4.69) is 154 Å². The maximum absolute atomic E-state index is 12.9. The molecule has 1 atom stereocenters. The van der Waals surface area contributed by atoms with Gasteiger partial charge in [0.15, 0.2) is 6.10 Å². The molecule has 0 fully saturated rings. The Kier molecular flexibility index (Phi) is 65.3. The summed E-state index contributed by atoms with van der Waals surface area (Å²) in [7, 11) is 0. The van der Waals surface area contributed by atoms with Gasteiger partial charge in [0.25, 0.3) is 0 Å². The number of unbranched alkanes of at least 4 members (excludes halogenated alkanes) is 28. The molecule has 0 aromatic rings. The summed E-state index contributed by atoms with van der Waals surface area (Å²) in [5, 5.41) is 0. The molecular formula is C76H126O6. The SMILES string of the molecule is CC/C=C\C/C=C\C/C=C\C/C=C\C/C=C\C/C=C\C/C=C\CCCC(=O)OC(COC(=O)CCCC/C=C\C/C=C\C/C=C\C/C=C\CC)COC(=O)CCCCCCCCCCCCCCCCCCCCCCCCCCCC. The molecule has 0 aromatic carbocycles. The van der Waals surface area contributed by atoms with E-state index in [0.29, 0.717) is 25.7 Å². The van der Waals surface area contributed by atoms with Crippen molar-refractivity contribution in [2.75, 3.05) is 13.2 Å². The van der Waals surface area contributed by atoms with E-state index in [0.717, 1.165) is 109 Å². The molecule has 0 rings (SSSR count). The number of esters is 3. The number of ether oxygens (including phenoxy) is 3. The highest BCUT2D eigenvalue weighted by Crippen LogP contribution is 2.17. The third-order valence-corrected chi connectivity index (χ3v) is 14.4. The van der Waals surface area contributed by atoms with Gasteiger partial charge in [0.05, 0.1) is 0 Å². The highest BCUT2D eigenvalue weighted by Gasteiger charge is 2.19. The van der Waals surface area contributed by atoms with Crippen molar-refractivity contribution in [3.63, 3.8) is 0 Å². The fourth-order valence-electron chi connectivity index (χ4n) is 9.37. The Balaban J connectivity index is 4.43. The lowest BCUT2D eigenvalue weighted by Gasteiger charge is -2.18. The zero-order valence-corrected chi connectivity index (χ0v) is 53.5. The van der Waals surface area contributed by atoms with Gasteiger partial charge in [-0.25, -0.2) is 0 Å². The van der Waals surface area contributed by atoms with Crippen LogP contribution in [-0.2, 0) is 28.6 Å². The summed E-state index contributed by atoms with van der Waals surface area (Å²) in [6.45, 7) is 6.36. The van der Waals surface area contributed by atoms with Crippen molar-refractivity contribution in [1.29, 1.82) is 0 Å². The van der Waals surface area contributed by atoms with Gasteiger partial charge in [-0.15, -0.1) is 0 Å². The molecule has 0 aliphatic heterocycles. The van der Waals surface area contributed by atoms with Gasteiger partial charge >= 0.3 is 17.9 Å². The van der Waals surface area contributed by atoms with Gasteiger partial charge < -0.3 is 14.2 Å². The highest BCUT2D eigenvalue weighted by molar-refractivity contribution is 5.71. The lowest BCUT2D eigenvalue weighted by atomic mass is 10.0. The first-order chi connectivity index (χ1) is 40.5. The van der Waals surface area contributed by atoms with E-state index < -0.39 is 6.10 Å². The predicted octanol–water partition coefficient (Wildman–Crippen LogP) is 23.7. The minimum Gasteiger partial charge on any atom is -0.462 e. The quantitative estimate of drug-likeness (QED) is 0.0261. The maximum atomic E-state index is 12.9. The van der Waals surface area contributed by atoms with Crippen LogP contribution in [0.3, 0.4) is 0 Å². The number of hydrogen-bond acceptors (Lipinski definition) is 6. The van der Waals surface area contributed by atoms with E-state index in [9.17, 15) is 14.4 Å². The number of hydrogen-bond donors (Lipinski definition) is 0. The van der Waals surface area contributed by atoms with Crippen molar-refractivity contribution < 1.29 is 28.6 Å². The first-order valence-electron chi connectivity index (χ1n) is 34.2. The van der Waals surface area contributed by atoms with Gasteiger partial charge in [-0.2, -0.15) is 0 Å². The average molecular weight is 1140 g/mol. The molecule has 82 heavy (non-hydrogen) atoms. The third-order valence-electron chi connectivity index (χ3n) is 14.4. The summed E-state index contributed by atoms with van der Waals surface area (Å²) >= 11 is 0. The molecule has 0 amide bonds. The molecule has 0 aromatic heterocycles. The zero-order chi connectivity index (χ0) is 59.2. The molecular weight excluding hydrogens is 1010 g/mol. The van der Waals surface area contributed by atoms with E-state index >= 15 is 0 Å². The summed E-state index contributed by atoms with van der Waals surface area (Å²) in [5.74, 6) is -1.01. The molecule has 0 aliphatic rings. The molecule has 0 bridgehead atoms. The first kappa shape index (κ1) is 77.5. The lowest BCUT2D eigenvalue weighted by molar-refractivity contribution is -0.167. The minimum absolute atomic E-state index is 0.116. The second-order valence-electron chi connectivity index (χ2n) is 22.3. The lowest BCUT2D eigenvalue weighted by Crippen LogP contribution is -2.30. The Morgan fingerprint density at radius 1 is 0.256 bits per heavy atom. The van der Waals surface area contributed by atoms with Gasteiger partial charge in [0.2, 0.25) is 0 Å². The Hall–Kier alpha value is -4.45. The summed E-state index contributed by atoms with van der Waals surface area (Å²) < 4.78 is 16.9. The number of allylic oxidation sites excluding steroid dienone is 22. The minimum atomic E-state index is -0.831. The fourth-order valence-corrected chi connectivity index (χ4v) is 9.37. The normalized spacial score (nSPS) is 13.0. The standard InChI is InChI=1S/C76H126O6/c1-4-7-10-13-16-19-22-25-28-30-32-34-36-37-38-40-41-43-45-48-51-54-57-60-63-66-69-75(78)81-72-73(71-80-74(77)68-65-62-59-56-53-50-47-27-24-21-18-15-12-9-6-3)82-76(79)70-67-64-61-58-55-52-49-46-44-42-39-35-33-31-29-26-23-20-17-14-11-8-5-2/h8-9,11-12,17-18,20-21,26-27,29,33,35,42,44,47,49,52-53,56,58,61,73H,4-7,10,13-16,19,22-25,28,30-32,34,36-41,43,45-46,48,50-51,54-55,57,59-60,62-72H2,1-3H3/b11-8-,12-9-,20-17-,21-18-,29-26-,35-33-,44-42-,47-27-,52-49-,56-53-,61-58-. The molecule has 0 aliphatic carbocycles. The molecule has 0 saturated carbocycles. The number of rotatable bonds is 61. The van der Waals surface area contributed by atoms with Crippen LogP contribution in [-0.4, -0.2) is 37.2 Å². The van der Waals surface area contributed by atoms with Crippen LogP contribution in [0.5, 0.6) is 0 Å². The van der Waals surface area contributed by atoms with Crippen LogP contribution in [0.15, 0.2) is 134 Å². The topological polar surface area (TPSA) is 78.9 Å². The molecule has 6 nitrogen and oxygen atoms in total. The summed E-state index contributed by atoms with van der Waals surface area (Å²) in [6.07, 6.45) is 97.8. The van der Waals surface area contributed by atoms with E-state index in [-0.39, 0.29) is 37.5 Å². The van der Waals surface area contributed by atoms with Gasteiger partial charge in [0.1, 0.15) is 13.2 Å². The molecule has 0 heterocycles. The van der Waals surface area contributed by atoms with Crippen molar-refractivity contribution in [1.82, 2.24) is 0 Å². The van der Waals surface area contributed by atoms with Crippen LogP contribution in [0.4, 0.5) is 0 Å². The van der Waals surface area contributed by atoms with Crippen molar-refractivity contribution in [2.24, 2.45) is 0 Å². The van der Waals surface area contributed by atoms with E-state index in [1.165, 1.54) is 148 Å². The van der Waals surface area contributed by atoms with E-state index in [1.54, 1.807) is 0 Å². The number of carbonyl (C=O) groups is 3. The third kappa shape index (κ3) is 66.4. The zero-order valence-electron chi connectivity index (χ0n) is 53.5. The van der Waals surface area contributed by atoms with Crippen molar-refractivity contribution in [2.45, 2.75) is 316 Å². The Labute approximate surface area is 506 Å². The van der Waals surface area contributed by atoms with Crippen molar-refractivity contribution in [3.05, 3.63) is 134 Å². The monoisotopic (exact) mass is 1130 g/mol. The molecule has 0 saturated heterocycles. The molecule has 0 spiro atoms. The summed E-state index contributed by atoms with van der Waals surface area (Å²) in [4.78, 5) is 38.4. The second kappa shape index (κ2) is 69.0. The Bertz CT molecular complexity index is 1730. The number of carbonyl (C=O) groups excluding carboxylic acids is 3. The highest BCUT2D eigenvalue weighted by atomic mass is 16.6. The molecule has 1 unspecified atom stereocenters. The predicted molar refractivity (Wildman–Crippen MR) is 357 cm³/mol. The van der Waals surface area contributed by atoms with Crippen molar-refractivity contribution in [3.8, 4) is 0 Å². The molecule has 0 N–H and O–H groups in total. The second-order valence-corrected chi connectivity index (χ2v) is 22.3. The maximum Gasteiger partial charge on any atom is 0.306 e. The summed E-state index contributed by atoms with van der Waals surface area (Å²) in [6, 6.07) is 0. The summed E-state index contributed by atoms with van der Waals surface area (Å²) in [5.41, 5.74) is 0. The fraction of sp³-hybridized carbons (Fsp3) is 0.671. The largest absolute Gasteiger partial charge is 0.462 e. The van der Waals surface area contributed by atoms with Crippen LogP contribution in [0.1, 0.15) is 310 Å². The van der Waals surface area contributed by atoms with Gasteiger partial charge in [0, 0.05) is 19.3 Å². The molecule has 6 heteroatoms. The van der Waals surface area contributed by atoms with Gasteiger partial charge in [-0.3, -0.25) is 14.4 Å².